The van der Waals surface area contributed by atoms with Crippen LogP contribution < -0.4 is 5.12 Å². The molecule has 2 rings (SSSR count). The fourth-order valence-electron chi connectivity index (χ4n) is 2.34. The minimum atomic E-state index is -0.0309. The molecule has 1 saturated heterocycles. The zero-order valence-corrected chi connectivity index (χ0v) is 12.2. The van der Waals surface area contributed by atoms with E-state index in [0.29, 0.717) is 17.8 Å². The predicted octanol–water partition coefficient (Wildman–Crippen LogP) is 2.26. The minimum absolute atomic E-state index is 0.0309. The van der Waals surface area contributed by atoms with E-state index in [1.54, 1.807) is 12.1 Å². The van der Waals surface area contributed by atoms with Gasteiger partial charge in [0.1, 0.15) is 0 Å². The Balaban J connectivity index is 2.29. The number of nitrogens with zero attached hydrogens (tertiary/aromatic N) is 4. The maximum atomic E-state index is 12.6. The molecule has 0 spiro atoms. The molecule has 5 nitrogen and oxygen atoms in total. The molecule has 0 aliphatic carbocycles. The lowest BCUT2D eigenvalue weighted by molar-refractivity contribution is 0.0729. The molecule has 1 amide bonds. The van der Waals surface area contributed by atoms with E-state index in [1.807, 2.05) is 17.0 Å². The summed E-state index contributed by atoms with van der Waals surface area (Å²) in [6, 6.07) is 7.19. The molecule has 1 aliphatic rings. The summed E-state index contributed by atoms with van der Waals surface area (Å²) < 4.78 is 0. The van der Waals surface area contributed by atoms with E-state index in [4.69, 9.17) is 0 Å². The summed E-state index contributed by atoms with van der Waals surface area (Å²) in [5.41, 5.74) is 1.14. The van der Waals surface area contributed by atoms with Gasteiger partial charge in [-0.1, -0.05) is 12.1 Å². The SMILES string of the molecule is C=NN(N=C)c1ccccc1C(=O)N1CCCC(S)C1. The summed E-state index contributed by atoms with van der Waals surface area (Å²) in [5.74, 6) is -0.0309. The number of rotatable bonds is 4. The lowest BCUT2D eigenvalue weighted by atomic mass is 10.1. The molecule has 1 atom stereocenters. The summed E-state index contributed by atoms with van der Waals surface area (Å²) in [5, 5.41) is 9.00. The van der Waals surface area contributed by atoms with Crippen LogP contribution in [0, 0.1) is 0 Å². The quantitative estimate of drug-likeness (QED) is 0.525. The van der Waals surface area contributed by atoms with Gasteiger partial charge in [-0.2, -0.15) is 27.9 Å². The predicted molar refractivity (Wildman–Crippen MR) is 85.9 cm³/mol. The third-order valence-electron chi connectivity index (χ3n) is 3.30. The van der Waals surface area contributed by atoms with Gasteiger partial charge < -0.3 is 4.90 Å². The number of hydrogen-bond donors (Lipinski definition) is 1. The van der Waals surface area contributed by atoms with Crippen molar-refractivity contribution >= 4 is 37.7 Å². The average molecular weight is 290 g/mol. The van der Waals surface area contributed by atoms with E-state index >= 15 is 0 Å². The fraction of sp³-hybridized carbons (Fsp3) is 0.357. The Hall–Kier alpha value is -1.82. The lowest BCUT2D eigenvalue weighted by Crippen LogP contribution is -2.40. The molecule has 1 aromatic carbocycles. The van der Waals surface area contributed by atoms with E-state index in [1.165, 1.54) is 5.12 Å². The van der Waals surface area contributed by atoms with Crippen molar-refractivity contribution in [2.24, 2.45) is 10.2 Å². The Morgan fingerprint density at radius 3 is 2.70 bits per heavy atom. The topological polar surface area (TPSA) is 48.3 Å². The smallest absolute Gasteiger partial charge is 0.256 e. The highest BCUT2D eigenvalue weighted by atomic mass is 32.1. The molecule has 0 aromatic heterocycles. The van der Waals surface area contributed by atoms with Gasteiger partial charge >= 0.3 is 0 Å². The van der Waals surface area contributed by atoms with Gasteiger partial charge in [0, 0.05) is 31.8 Å². The van der Waals surface area contributed by atoms with E-state index < -0.39 is 0 Å². The van der Waals surface area contributed by atoms with Crippen LogP contribution in [0.2, 0.25) is 0 Å². The number of benzene rings is 1. The van der Waals surface area contributed by atoms with Gasteiger partial charge in [0.15, 0.2) is 0 Å². The van der Waals surface area contributed by atoms with Crippen LogP contribution in [0.1, 0.15) is 23.2 Å². The first-order valence-electron chi connectivity index (χ1n) is 6.47. The second-order valence-electron chi connectivity index (χ2n) is 4.64. The van der Waals surface area contributed by atoms with E-state index in [9.17, 15) is 4.79 Å². The number of carbonyl (C=O) groups is 1. The standard InChI is InChI=1S/C14H18N4OS/c1-15-18(16-2)13-8-4-3-7-12(13)14(19)17-9-5-6-11(20)10-17/h3-4,7-8,11,20H,1-2,5-6,9-10H2. The monoisotopic (exact) mass is 290 g/mol. The number of likely N-dealkylation sites (tertiary alicyclic amines) is 1. The van der Waals surface area contributed by atoms with Crippen molar-refractivity contribution in [2.75, 3.05) is 18.2 Å². The summed E-state index contributed by atoms with van der Waals surface area (Å²) in [6.07, 6.45) is 2.02. The zero-order valence-electron chi connectivity index (χ0n) is 11.3. The van der Waals surface area contributed by atoms with Crippen LogP contribution in [0.4, 0.5) is 5.69 Å². The number of hydrazone groups is 2. The third-order valence-corrected chi connectivity index (χ3v) is 3.72. The number of carbonyl (C=O) groups excluding carboxylic acids is 1. The summed E-state index contributed by atoms with van der Waals surface area (Å²) in [4.78, 5) is 14.5. The van der Waals surface area contributed by atoms with Gasteiger partial charge in [-0.25, -0.2) is 0 Å². The Morgan fingerprint density at radius 2 is 2.05 bits per heavy atom. The number of piperidine rings is 1. The van der Waals surface area contributed by atoms with E-state index in [-0.39, 0.29) is 11.2 Å². The molecule has 1 heterocycles. The first-order chi connectivity index (χ1) is 9.67. The second-order valence-corrected chi connectivity index (χ2v) is 5.37. The molecule has 1 aromatic rings. The number of thiol groups is 1. The van der Waals surface area contributed by atoms with E-state index in [2.05, 4.69) is 36.3 Å². The van der Waals surface area contributed by atoms with Crippen molar-refractivity contribution in [3.8, 4) is 0 Å². The van der Waals surface area contributed by atoms with Crippen LogP contribution in [0.3, 0.4) is 0 Å². The fourth-order valence-corrected chi connectivity index (χ4v) is 2.72. The van der Waals surface area contributed by atoms with Crippen molar-refractivity contribution in [1.82, 2.24) is 4.90 Å². The third kappa shape index (κ3) is 3.01. The molecular formula is C14H18N4OS. The summed E-state index contributed by atoms with van der Waals surface area (Å²) in [7, 11) is 0. The Morgan fingerprint density at radius 1 is 1.35 bits per heavy atom. The van der Waals surface area contributed by atoms with Gasteiger partial charge in [0.05, 0.1) is 11.3 Å². The largest absolute Gasteiger partial charge is 0.337 e. The van der Waals surface area contributed by atoms with Crippen molar-refractivity contribution in [1.29, 1.82) is 0 Å². The van der Waals surface area contributed by atoms with Crippen LogP contribution in [0.15, 0.2) is 34.5 Å². The van der Waals surface area contributed by atoms with E-state index in [0.717, 1.165) is 19.4 Å². The zero-order chi connectivity index (χ0) is 14.5. The molecule has 0 bridgehead atoms. The molecule has 1 unspecified atom stereocenters. The Labute approximate surface area is 124 Å². The van der Waals surface area contributed by atoms with Gasteiger partial charge in [0.25, 0.3) is 5.91 Å². The van der Waals surface area contributed by atoms with Crippen molar-refractivity contribution in [3.63, 3.8) is 0 Å². The number of para-hydroxylation sites is 1. The van der Waals surface area contributed by atoms with Crippen LogP contribution >= 0.6 is 12.6 Å². The highest BCUT2D eigenvalue weighted by molar-refractivity contribution is 7.81. The van der Waals surface area contributed by atoms with Crippen LogP contribution in [0.25, 0.3) is 0 Å². The number of amides is 1. The van der Waals surface area contributed by atoms with Crippen LogP contribution in [-0.2, 0) is 0 Å². The molecule has 1 aliphatic heterocycles. The first kappa shape index (κ1) is 14.6. The van der Waals surface area contributed by atoms with Crippen LogP contribution in [-0.4, -0.2) is 42.6 Å². The highest BCUT2D eigenvalue weighted by Crippen LogP contribution is 2.24. The van der Waals surface area contributed by atoms with Crippen molar-refractivity contribution in [3.05, 3.63) is 29.8 Å². The molecule has 106 valence electrons. The Bertz CT molecular complexity index is 512. The normalized spacial score (nSPS) is 18.4. The second kappa shape index (κ2) is 6.56. The van der Waals surface area contributed by atoms with Crippen molar-refractivity contribution in [2.45, 2.75) is 18.1 Å². The highest BCUT2D eigenvalue weighted by Gasteiger charge is 2.25. The summed E-state index contributed by atoms with van der Waals surface area (Å²) in [6.45, 7) is 8.30. The molecule has 20 heavy (non-hydrogen) atoms. The van der Waals surface area contributed by atoms with Crippen molar-refractivity contribution < 1.29 is 4.79 Å². The number of hydrogen-bond acceptors (Lipinski definition) is 5. The molecule has 0 saturated carbocycles. The maximum absolute atomic E-state index is 12.6. The molecular weight excluding hydrogens is 272 g/mol. The minimum Gasteiger partial charge on any atom is -0.337 e. The average Bonchev–Trinajstić information content (AvgIpc) is 2.48. The van der Waals surface area contributed by atoms with Gasteiger partial charge in [-0.15, -0.1) is 0 Å². The number of anilines is 1. The Kier molecular flexibility index (Phi) is 4.79. The summed E-state index contributed by atoms with van der Waals surface area (Å²) >= 11 is 4.47. The maximum Gasteiger partial charge on any atom is 0.256 e. The first-order valence-corrected chi connectivity index (χ1v) is 6.98. The molecule has 1 fully saturated rings. The molecule has 0 radical (unpaired) electrons. The molecule has 6 heteroatoms. The lowest BCUT2D eigenvalue weighted by Gasteiger charge is -2.31. The van der Waals surface area contributed by atoms with Gasteiger partial charge in [-0.3, -0.25) is 4.79 Å². The van der Waals surface area contributed by atoms with Gasteiger partial charge in [0.2, 0.25) is 0 Å². The molecule has 0 N–H and O–H groups in total. The van der Waals surface area contributed by atoms with Crippen LogP contribution in [0.5, 0.6) is 0 Å². The van der Waals surface area contributed by atoms with Gasteiger partial charge in [-0.05, 0) is 25.0 Å².